The molecule has 200 valence electrons. The summed E-state index contributed by atoms with van der Waals surface area (Å²) in [4.78, 5) is 13.0. The number of pyridine rings is 1. The molecule has 1 unspecified atom stereocenters. The molecular weight excluding hydrogens is 548 g/mol. The fraction of sp³-hybridized carbons (Fsp3) is 0.292. The number of hydrogen-bond acceptors (Lipinski definition) is 7. The third-order valence-corrected chi connectivity index (χ3v) is 7.36. The van der Waals surface area contributed by atoms with Crippen molar-refractivity contribution in [2.45, 2.75) is 48.6 Å². The lowest BCUT2D eigenvalue weighted by molar-refractivity contribution is -0.151. The average Bonchev–Trinajstić information content (AvgIpc) is 3.63. The maximum absolute atomic E-state index is 13.8. The van der Waals surface area contributed by atoms with Crippen LogP contribution in [-0.4, -0.2) is 41.3 Å². The van der Waals surface area contributed by atoms with Crippen LogP contribution in [0.3, 0.4) is 0 Å². The molecule has 1 atom stereocenters. The number of allylic oxidation sites excluding steroid dienone is 4. The molecule has 1 fully saturated rings. The van der Waals surface area contributed by atoms with Gasteiger partial charge in [0.25, 0.3) is 0 Å². The minimum atomic E-state index is -4.51. The lowest BCUT2D eigenvalue weighted by Crippen LogP contribution is -2.39. The molecule has 0 amide bonds. The second kappa shape index (κ2) is 9.47. The van der Waals surface area contributed by atoms with Crippen LogP contribution >= 0.6 is 11.6 Å². The Kier molecular flexibility index (Phi) is 6.56. The van der Waals surface area contributed by atoms with Gasteiger partial charge in [-0.1, -0.05) is 23.8 Å². The smallest absolute Gasteiger partial charge is 0.354 e. The van der Waals surface area contributed by atoms with E-state index in [9.17, 15) is 26.0 Å². The zero-order valence-corrected chi connectivity index (χ0v) is 21.1. The highest BCUT2D eigenvalue weighted by Gasteiger charge is 2.64. The van der Waals surface area contributed by atoms with Crippen LogP contribution < -0.4 is 15.8 Å². The first-order valence-corrected chi connectivity index (χ1v) is 13.4. The van der Waals surface area contributed by atoms with Crippen LogP contribution in [0.25, 0.3) is 16.6 Å². The van der Waals surface area contributed by atoms with Crippen molar-refractivity contribution < 1.29 is 26.0 Å². The lowest BCUT2D eigenvalue weighted by atomic mass is 10.0. The van der Waals surface area contributed by atoms with Gasteiger partial charge in [-0.2, -0.15) is 18.2 Å². The minimum absolute atomic E-state index is 0.00598. The number of sulfonamides is 1. The maximum atomic E-state index is 13.8. The summed E-state index contributed by atoms with van der Waals surface area (Å²) < 4.78 is 78.2. The summed E-state index contributed by atoms with van der Waals surface area (Å²) in [5.41, 5.74) is -0.209. The molecule has 2 aliphatic rings. The van der Waals surface area contributed by atoms with E-state index in [-0.39, 0.29) is 58.5 Å². The molecule has 0 radical (unpaired) electrons. The van der Waals surface area contributed by atoms with Gasteiger partial charge in [0.1, 0.15) is 17.2 Å². The SMILES string of the molecule is NS(=O)(=O)c1cc(Cl)cc(CNc2nc(NC3(C(F)(F)F)CC3)c3nc(C4=CCC(F)C=C4)ccc3n2)c1. The quantitative estimate of drug-likeness (QED) is 0.338. The summed E-state index contributed by atoms with van der Waals surface area (Å²) in [7, 11) is -4.01. The number of benzene rings is 1. The number of halogens is 5. The number of hydrogen-bond donors (Lipinski definition) is 3. The number of aromatic nitrogens is 3. The molecule has 0 spiro atoms. The lowest BCUT2D eigenvalue weighted by Gasteiger charge is -2.22. The number of nitrogens with one attached hydrogen (secondary N) is 2. The highest BCUT2D eigenvalue weighted by atomic mass is 35.5. The molecule has 0 bridgehead atoms. The average molecular weight is 569 g/mol. The largest absolute Gasteiger partial charge is 0.411 e. The highest BCUT2D eigenvalue weighted by Crippen LogP contribution is 2.51. The molecule has 3 aromatic rings. The Labute approximate surface area is 220 Å². The van der Waals surface area contributed by atoms with E-state index in [0.717, 1.165) is 0 Å². The van der Waals surface area contributed by atoms with Crippen LogP contribution in [0.5, 0.6) is 0 Å². The fourth-order valence-corrected chi connectivity index (χ4v) is 4.95. The van der Waals surface area contributed by atoms with Crippen molar-refractivity contribution in [1.82, 2.24) is 15.0 Å². The van der Waals surface area contributed by atoms with Crippen LogP contribution in [0, 0.1) is 0 Å². The van der Waals surface area contributed by atoms with Crippen molar-refractivity contribution >= 4 is 50.0 Å². The Bertz CT molecular complexity index is 1590. The predicted molar refractivity (Wildman–Crippen MR) is 136 cm³/mol. The topological polar surface area (TPSA) is 123 Å². The van der Waals surface area contributed by atoms with Gasteiger partial charge in [0.05, 0.1) is 16.1 Å². The number of anilines is 2. The molecule has 1 saturated carbocycles. The Morgan fingerprint density at radius 3 is 2.53 bits per heavy atom. The third kappa shape index (κ3) is 5.45. The third-order valence-electron chi connectivity index (χ3n) is 6.25. The molecule has 0 saturated heterocycles. The number of primary sulfonamides is 1. The van der Waals surface area contributed by atoms with Gasteiger partial charge >= 0.3 is 6.18 Å². The van der Waals surface area contributed by atoms with E-state index in [0.29, 0.717) is 16.8 Å². The Morgan fingerprint density at radius 1 is 1.13 bits per heavy atom. The molecule has 8 nitrogen and oxygen atoms in total. The fourth-order valence-electron chi connectivity index (χ4n) is 4.02. The summed E-state index contributed by atoms with van der Waals surface area (Å²) >= 11 is 6.02. The van der Waals surface area contributed by atoms with Gasteiger partial charge in [-0.15, -0.1) is 0 Å². The van der Waals surface area contributed by atoms with E-state index in [4.69, 9.17) is 16.7 Å². The van der Waals surface area contributed by atoms with E-state index in [1.165, 1.54) is 24.3 Å². The van der Waals surface area contributed by atoms with Crippen molar-refractivity contribution in [3.8, 4) is 0 Å². The number of alkyl halides is 4. The summed E-state index contributed by atoms with van der Waals surface area (Å²) in [6.45, 7) is 0.00598. The van der Waals surface area contributed by atoms with E-state index < -0.39 is 27.9 Å². The summed E-state index contributed by atoms with van der Waals surface area (Å²) in [6, 6.07) is 7.27. The van der Waals surface area contributed by atoms with Crippen LogP contribution in [0.2, 0.25) is 5.02 Å². The van der Waals surface area contributed by atoms with Crippen molar-refractivity contribution in [3.63, 3.8) is 0 Å². The molecule has 5 rings (SSSR count). The Morgan fingerprint density at radius 2 is 1.89 bits per heavy atom. The molecule has 2 aliphatic carbocycles. The van der Waals surface area contributed by atoms with Gasteiger partial charge in [-0.3, -0.25) is 0 Å². The molecule has 38 heavy (non-hydrogen) atoms. The normalized spacial score (nSPS) is 18.8. The summed E-state index contributed by atoms with van der Waals surface area (Å²) in [5, 5.41) is 10.8. The van der Waals surface area contributed by atoms with Gasteiger partial charge < -0.3 is 10.6 Å². The Balaban J connectivity index is 1.51. The maximum Gasteiger partial charge on any atom is 0.411 e. The molecule has 2 heterocycles. The van der Waals surface area contributed by atoms with Gasteiger partial charge in [-0.05, 0) is 60.4 Å². The molecule has 1 aromatic carbocycles. The molecular formula is C24H21ClF4N6O2S. The first kappa shape index (κ1) is 26.3. The van der Waals surface area contributed by atoms with Crippen molar-refractivity contribution in [3.05, 3.63) is 64.8 Å². The van der Waals surface area contributed by atoms with E-state index in [1.807, 2.05) is 0 Å². The monoisotopic (exact) mass is 568 g/mol. The van der Waals surface area contributed by atoms with E-state index in [2.05, 4.69) is 25.6 Å². The molecule has 14 heteroatoms. The predicted octanol–water partition coefficient (Wildman–Crippen LogP) is 5.13. The van der Waals surface area contributed by atoms with E-state index in [1.54, 1.807) is 24.3 Å². The van der Waals surface area contributed by atoms with Gasteiger partial charge in [0.2, 0.25) is 16.0 Å². The van der Waals surface area contributed by atoms with Crippen LogP contribution in [0.1, 0.15) is 30.5 Å². The number of nitrogens with zero attached hydrogens (tertiary/aromatic N) is 3. The van der Waals surface area contributed by atoms with Gasteiger partial charge in [0, 0.05) is 18.0 Å². The van der Waals surface area contributed by atoms with Crippen LogP contribution in [0.4, 0.5) is 29.3 Å². The second-order valence-corrected chi connectivity index (χ2v) is 11.1. The van der Waals surface area contributed by atoms with Crippen LogP contribution in [-0.2, 0) is 16.6 Å². The summed E-state index contributed by atoms with van der Waals surface area (Å²) in [5.74, 6) is -0.129. The molecule has 2 aromatic heterocycles. The molecule has 4 N–H and O–H groups in total. The number of nitrogens with two attached hydrogens (primary N) is 1. The van der Waals surface area contributed by atoms with Crippen molar-refractivity contribution in [1.29, 1.82) is 0 Å². The number of rotatable bonds is 7. The van der Waals surface area contributed by atoms with Gasteiger partial charge in [0.15, 0.2) is 5.82 Å². The zero-order valence-electron chi connectivity index (χ0n) is 19.6. The first-order chi connectivity index (χ1) is 17.8. The number of fused-ring (bicyclic) bond motifs is 1. The van der Waals surface area contributed by atoms with Crippen molar-refractivity contribution in [2.24, 2.45) is 5.14 Å². The first-order valence-electron chi connectivity index (χ1n) is 11.5. The Hall–Kier alpha value is -3.29. The minimum Gasteiger partial charge on any atom is -0.354 e. The highest BCUT2D eigenvalue weighted by molar-refractivity contribution is 7.89. The second-order valence-electron chi connectivity index (χ2n) is 9.13. The summed E-state index contributed by atoms with van der Waals surface area (Å²) in [6.07, 6.45) is -1.04. The van der Waals surface area contributed by atoms with Gasteiger partial charge in [-0.25, -0.2) is 27.9 Å². The van der Waals surface area contributed by atoms with E-state index >= 15 is 0 Å². The zero-order chi connectivity index (χ0) is 27.3. The van der Waals surface area contributed by atoms with Crippen LogP contribution in [0.15, 0.2) is 53.5 Å². The standard InChI is InChI=1S/C24H21ClF4N6O2S/c25-15-9-13(10-17(11-15)38(30,36)37)12-31-22-33-19-6-5-18(14-1-3-16(26)4-2-14)32-20(19)21(34-22)35-23(7-8-23)24(27,28)29/h1-3,5-6,9-11,16H,4,7-8,12H2,(H2,30,36,37)(H2,31,33,34,35). The molecule has 0 aliphatic heterocycles. The van der Waals surface area contributed by atoms with Crippen molar-refractivity contribution in [2.75, 3.05) is 10.6 Å².